The minimum Gasteiger partial charge on any atom is -0.308 e. The van der Waals surface area contributed by atoms with Crippen molar-refractivity contribution in [1.29, 1.82) is 0 Å². The first-order valence-corrected chi connectivity index (χ1v) is 7.77. The number of rotatable bonds is 4. The lowest BCUT2D eigenvalue weighted by Gasteiger charge is -2.45. The van der Waals surface area contributed by atoms with Crippen LogP contribution in [0.25, 0.3) is 0 Å². The molecular weight excluding hydrogens is 268 g/mol. The van der Waals surface area contributed by atoms with Gasteiger partial charge < -0.3 is 5.32 Å². The molecular formula is C18H27F2N. The van der Waals surface area contributed by atoms with Gasteiger partial charge in [-0.1, -0.05) is 58.0 Å². The molecule has 21 heavy (non-hydrogen) atoms. The molecule has 3 heteroatoms. The Hall–Kier alpha value is -0.960. The molecule has 0 aromatic heterocycles. The average Bonchev–Trinajstić information content (AvgIpc) is 2.34. The molecule has 0 unspecified atom stereocenters. The Kier molecular flexibility index (Phi) is 4.44. The van der Waals surface area contributed by atoms with Gasteiger partial charge in [-0.05, 0) is 30.1 Å². The average molecular weight is 295 g/mol. The van der Waals surface area contributed by atoms with Crippen LogP contribution in [0.3, 0.4) is 0 Å². The van der Waals surface area contributed by atoms with Crippen molar-refractivity contribution in [2.45, 2.75) is 58.9 Å². The van der Waals surface area contributed by atoms with E-state index in [1.165, 1.54) is 12.1 Å². The molecule has 0 amide bonds. The van der Waals surface area contributed by atoms with Gasteiger partial charge in [-0.3, -0.25) is 0 Å². The van der Waals surface area contributed by atoms with Gasteiger partial charge in [0.25, 0.3) is 5.92 Å². The minimum absolute atomic E-state index is 0.0897. The molecule has 0 spiro atoms. The number of benzene rings is 1. The normalized spacial score (nSPS) is 22.2. The Morgan fingerprint density at radius 2 is 1.57 bits per heavy atom. The van der Waals surface area contributed by atoms with E-state index in [9.17, 15) is 8.78 Å². The van der Waals surface area contributed by atoms with Crippen molar-refractivity contribution in [3.63, 3.8) is 0 Å². The quantitative estimate of drug-likeness (QED) is 0.826. The minimum atomic E-state index is -2.81. The van der Waals surface area contributed by atoms with Crippen LogP contribution >= 0.6 is 0 Å². The fourth-order valence-electron chi connectivity index (χ4n) is 4.05. The summed E-state index contributed by atoms with van der Waals surface area (Å²) >= 11 is 0. The number of alkyl halides is 2. The van der Waals surface area contributed by atoms with Crippen molar-refractivity contribution in [3.05, 3.63) is 35.9 Å². The summed E-state index contributed by atoms with van der Waals surface area (Å²) in [5.74, 6) is -2.81. The topological polar surface area (TPSA) is 12.0 Å². The summed E-state index contributed by atoms with van der Waals surface area (Å²) in [5.41, 5.74) is 0.509. The third-order valence-electron chi connectivity index (χ3n) is 4.36. The maximum atomic E-state index is 14.2. The summed E-state index contributed by atoms with van der Waals surface area (Å²) in [6, 6.07) is 8.25. The molecule has 0 radical (unpaired) electrons. The van der Waals surface area contributed by atoms with Crippen LogP contribution in [0.2, 0.25) is 0 Å². The van der Waals surface area contributed by atoms with Crippen LogP contribution in [0, 0.1) is 10.8 Å². The van der Waals surface area contributed by atoms with Crippen LogP contribution in [-0.4, -0.2) is 12.6 Å². The number of nitrogens with one attached hydrogen (secondary N) is 1. The molecule has 0 bridgehead atoms. The molecule has 1 saturated carbocycles. The van der Waals surface area contributed by atoms with Crippen LogP contribution in [0.1, 0.15) is 52.5 Å². The predicted octanol–water partition coefficient (Wildman–Crippen LogP) is 4.97. The Bertz CT molecular complexity index is 449. The van der Waals surface area contributed by atoms with Crippen molar-refractivity contribution in [2.75, 3.05) is 6.54 Å². The zero-order chi connectivity index (χ0) is 15.7. The van der Waals surface area contributed by atoms with Crippen molar-refractivity contribution >= 4 is 0 Å². The number of hydrogen-bond donors (Lipinski definition) is 1. The lowest BCUT2D eigenvalue weighted by Crippen LogP contribution is -2.46. The Labute approximate surface area is 127 Å². The van der Waals surface area contributed by atoms with E-state index in [-0.39, 0.29) is 29.0 Å². The lowest BCUT2D eigenvalue weighted by molar-refractivity contribution is -0.0137. The van der Waals surface area contributed by atoms with Crippen molar-refractivity contribution < 1.29 is 8.78 Å². The predicted molar refractivity (Wildman–Crippen MR) is 83.5 cm³/mol. The second-order valence-electron chi connectivity index (χ2n) is 8.06. The van der Waals surface area contributed by atoms with Crippen LogP contribution in [0.5, 0.6) is 0 Å². The van der Waals surface area contributed by atoms with Gasteiger partial charge in [-0.2, -0.15) is 8.78 Å². The monoisotopic (exact) mass is 295 g/mol. The summed E-state index contributed by atoms with van der Waals surface area (Å²) in [6.45, 7) is 8.65. The third-order valence-corrected chi connectivity index (χ3v) is 4.36. The van der Waals surface area contributed by atoms with E-state index in [2.05, 4.69) is 33.0 Å². The van der Waals surface area contributed by atoms with E-state index in [1.807, 2.05) is 0 Å². The lowest BCUT2D eigenvalue weighted by atomic mass is 9.63. The van der Waals surface area contributed by atoms with Crippen LogP contribution < -0.4 is 5.32 Å². The second kappa shape index (κ2) is 5.68. The summed E-state index contributed by atoms with van der Waals surface area (Å²) in [7, 11) is 0. The highest BCUT2D eigenvalue weighted by Crippen LogP contribution is 2.45. The summed E-state index contributed by atoms with van der Waals surface area (Å²) in [6.07, 6.45) is 3.07. The van der Waals surface area contributed by atoms with E-state index in [1.54, 1.807) is 18.2 Å². The van der Waals surface area contributed by atoms with Crippen molar-refractivity contribution in [3.8, 4) is 0 Å². The summed E-state index contributed by atoms with van der Waals surface area (Å²) < 4.78 is 28.5. The molecule has 1 aliphatic carbocycles. The molecule has 1 N–H and O–H groups in total. The molecule has 1 aromatic rings. The highest BCUT2D eigenvalue weighted by atomic mass is 19.3. The maximum Gasteiger partial charge on any atom is 0.285 e. The smallest absolute Gasteiger partial charge is 0.285 e. The number of halogens is 2. The largest absolute Gasteiger partial charge is 0.308 e. The fraction of sp³-hybridized carbons (Fsp3) is 0.667. The van der Waals surface area contributed by atoms with Crippen molar-refractivity contribution in [2.24, 2.45) is 10.8 Å². The first-order valence-electron chi connectivity index (χ1n) is 7.77. The molecule has 0 saturated heterocycles. The molecule has 1 aromatic carbocycles. The molecule has 118 valence electrons. The second-order valence-corrected chi connectivity index (χ2v) is 8.06. The van der Waals surface area contributed by atoms with Gasteiger partial charge in [0, 0.05) is 11.6 Å². The van der Waals surface area contributed by atoms with Gasteiger partial charge in [-0.25, -0.2) is 0 Å². The van der Waals surface area contributed by atoms with Gasteiger partial charge in [0.1, 0.15) is 0 Å². The van der Waals surface area contributed by atoms with Crippen molar-refractivity contribution in [1.82, 2.24) is 5.32 Å². The van der Waals surface area contributed by atoms with Gasteiger partial charge in [-0.15, -0.1) is 0 Å². The molecule has 2 rings (SSSR count). The van der Waals surface area contributed by atoms with E-state index in [4.69, 9.17) is 0 Å². The van der Waals surface area contributed by atoms with Crippen LogP contribution in [-0.2, 0) is 5.92 Å². The zero-order valence-corrected chi connectivity index (χ0v) is 13.5. The highest BCUT2D eigenvalue weighted by molar-refractivity contribution is 5.20. The van der Waals surface area contributed by atoms with Gasteiger partial charge in [0.05, 0.1) is 6.54 Å². The van der Waals surface area contributed by atoms with E-state index >= 15 is 0 Å². The SMILES string of the molecule is CC1(C)CC(NCC(F)(F)c2ccccc2)CC(C)(C)C1. The molecule has 0 aliphatic heterocycles. The highest BCUT2D eigenvalue weighted by Gasteiger charge is 2.40. The van der Waals surface area contributed by atoms with Crippen LogP contribution in [0.15, 0.2) is 30.3 Å². The number of hydrogen-bond acceptors (Lipinski definition) is 1. The fourth-order valence-corrected chi connectivity index (χ4v) is 4.05. The molecule has 1 nitrogen and oxygen atoms in total. The molecule has 0 heterocycles. The third kappa shape index (κ3) is 4.50. The van der Waals surface area contributed by atoms with Gasteiger partial charge in [0.15, 0.2) is 0 Å². The maximum absolute atomic E-state index is 14.2. The van der Waals surface area contributed by atoms with E-state index in [0.717, 1.165) is 19.3 Å². The van der Waals surface area contributed by atoms with Gasteiger partial charge in [0.2, 0.25) is 0 Å². The summed E-state index contributed by atoms with van der Waals surface area (Å²) in [5, 5.41) is 3.12. The van der Waals surface area contributed by atoms with E-state index < -0.39 is 5.92 Å². The summed E-state index contributed by atoms with van der Waals surface area (Å²) in [4.78, 5) is 0. The van der Waals surface area contributed by atoms with Crippen LogP contribution in [0.4, 0.5) is 8.78 Å². The Balaban J connectivity index is 1.99. The Morgan fingerprint density at radius 1 is 1.05 bits per heavy atom. The van der Waals surface area contributed by atoms with E-state index in [0.29, 0.717) is 0 Å². The van der Waals surface area contributed by atoms with Gasteiger partial charge >= 0.3 is 0 Å². The first kappa shape index (κ1) is 16.4. The standard InChI is InChI=1S/C18H27F2N/c1-16(2)10-15(11-17(3,4)12-16)21-13-18(19,20)14-8-6-5-7-9-14/h5-9,15,21H,10-13H2,1-4H3. The first-order chi connectivity index (χ1) is 9.60. The Morgan fingerprint density at radius 3 is 2.10 bits per heavy atom. The molecule has 1 aliphatic rings. The zero-order valence-electron chi connectivity index (χ0n) is 13.5. The molecule has 0 atom stereocenters. The molecule has 1 fully saturated rings.